The smallest absolute Gasteiger partial charge is 0.432 e. The summed E-state index contributed by atoms with van der Waals surface area (Å²) in [5.41, 5.74) is -3.96. The third kappa shape index (κ3) is 3.73. The third-order valence-corrected chi connectivity index (χ3v) is 4.49. The molecule has 1 aromatic heterocycles. The lowest BCUT2D eigenvalue weighted by Crippen LogP contribution is -2.50. The Morgan fingerprint density at radius 2 is 1.96 bits per heavy atom. The summed E-state index contributed by atoms with van der Waals surface area (Å²) in [5.74, 6) is -2.21. The second kappa shape index (κ2) is 7.46. The van der Waals surface area contributed by atoms with E-state index >= 15 is 0 Å². The highest BCUT2D eigenvalue weighted by molar-refractivity contribution is 7.12. The Labute approximate surface area is 151 Å². The first-order valence-electron chi connectivity index (χ1n) is 7.53. The van der Waals surface area contributed by atoms with Crippen molar-refractivity contribution in [1.29, 1.82) is 0 Å². The average molecular weight is 387 g/mol. The zero-order chi connectivity index (χ0) is 19.5. The molecular formula is C17H16F3NO4S. The van der Waals surface area contributed by atoms with Gasteiger partial charge >= 0.3 is 12.1 Å². The number of halogens is 3. The molecule has 1 aromatic carbocycles. The number of hydrogen-bond donors (Lipinski definition) is 2. The molecule has 2 N–H and O–H groups in total. The van der Waals surface area contributed by atoms with E-state index in [4.69, 9.17) is 0 Å². The van der Waals surface area contributed by atoms with Crippen LogP contribution in [0.15, 0.2) is 35.7 Å². The quantitative estimate of drug-likeness (QED) is 0.769. The van der Waals surface area contributed by atoms with Crippen molar-refractivity contribution in [3.05, 3.63) is 51.7 Å². The van der Waals surface area contributed by atoms with Crippen molar-refractivity contribution in [2.45, 2.75) is 25.6 Å². The van der Waals surface area contributed by atoms with Crippen LogP contribution in [0.25, 0.3) is 0 Å². The van der Waals surface area contributed by atoms with Crippen LogP contribution < -0.4 is 5.32 Å². The number of esters is 1. The molecule has 1 atom stereocenters. The van der Waals surface area contributed by atoms with Gasteiger partial charge in [0.1, 0.15) is 0 Å². The topological polar surface area (TPSA) is 75.6 Å². The SMILES string of the molecule is CCOC(=O)[C@@](O)(c1ccc(NC(=O)c2cccs2)c(C)c1)C(F)(F)F. The number of nitrogens with one attached hydrogen (secondary N) is 1. The second-order valence-corrected chi connectivity index (χ2v) is 6.34. The Hall–Kier alpha value is -2.39. The highest BCUT2D eigenvalue weighted by Crippen LogP contribution is 2.41. The van der Waals surface area contributed by atoms with Gasteiger partial charge in [0.2, 0.25) is 0 Å². The predicted octanol–water partition coefficient (Wildman–Crippen LogP) is 3.62. The van der Waals surface area contributed by atoms with Crippen LogP contribution >= 0.6 is 11.3 Å². The third-order valence-electron chi connectivity index (χ3n) is 3.62. The zero-order valence-electron chi connectivity index (χ0n) is 13.9. The number of amides is 1. The van der Waals surface area contributed by atoms with E-state index in [1.54, 1.807) is 17.5 Å². The highest BCUT2D eigenvalue weighted by Gasteiger charge is 2.62. The van der Waals surface area contributed by atoms with Gasteiger partial charge in [-0.2, -0.15) is 13.2 Å². The summed E-state index contributed by atoms with van der Waals surface area (Å²) in [7, 11) is 0. The fraction of sp³-hybridized carbons (Fsp3) is 0.294. The van der Waals surface area contributed by atoms with Crippen molar-refractivity contribution >= 4 is 28.9 Å². The van der Waals surface area contributed by atoms with Crippen LogP contribution in [0.3, 0.4) is 0 Å². The Bertz CT molecular complexity index is 805. The molecule has 0 spiro atoms. The largest absolute Gasteiger partial charge is 0.463 e. The number of hydrogen-bond acceptors (Lipinski definition) is 5. The number of carbonyl (C=O) groups is 2. The van der Waals surface area contributed by atoms with Gasteiger partial charge in [-0.1, -0.05) is 18.2 Å². The number of carbonyl (C=O) groups excluding carboxylic acids is 2. The van der Waals surface area contributed by atoms with E-state index in [0.29, 0.717) is 4.88 Å². The standard InChI is InChI=1S/C17H16F3NO4S/c1-3-25-15(23)16(24,17(18,19)20)11-6-7-12(10(2)9-11)21-14(22)13-5-4-8-26-13/h4-9,24H,3H2,1-2H3,(H,21,22)/t16-/m0/s1. The molecule has 1 heterocycles. The molecule has 5 nitrogen and oxygen atoms in total. The van der Waals surface area contributed by atoms with Crippen molar-refractivity contribution in [3.63, 3.8) is 0 Å². The lowest BCUT2D eigenvalue weighted by Gasteiger charge is -2.29. The van der Waals surface area contributed by atoms with E-state index in [-0.39, 0.29) is 17.9 Å². The van der Waals surface area contributed by atoms with Gasteiger partial charge in [0.05, 0.1) is 11.5 Å². The molecule has 2 aromatic rings. The molecule has 2 rings (SSSR count). The molecule has 0 bridgehead atoms. The molecule has 9 heteroatoms. The minimum atomic E-state index is -5.27. The molecule has 0 aliphatic carbocycles. The second-order valence-electron chi connectivity index (χ2n) is 5.39. The number of aryl methyl sites for hydroxylation is 1. The van der Waals surface area contributed by atoms with Gasteiger partial charge in [-0.15, -0.1) is 11.3 Å². The van der Waals surface area contributed by atoms with E-state index in [0.717, 1.165) is 12.1 Å². The minimum absolute atomic E-state index is 0.249. The highest BCUT2D eigenvalue weighted by atomic mass is 32.1. The zero-order valence-corrected chi connectivity index (χ0v) is 14.7. The number of anilines is 1. The fourth-order valence-electron chi connectivity index (χ4n) is 2.25. The van der Waals surface area contributed by atoms with Crippen LogP contribution in [0, 0.1) is 6.92 Å². The number of rotatable bonds is 5. The van der Waals surface area contributed by atoms with E-state index in [1.807, 2.05) is 0 Å². The van der Waals surface area contributed by atoms with Crippen LogP contribution in [0.2, 0.25) is 0 Å². The molecule has 1 amide bonds. The Balaban J connectivity index is 2.37. The van der Waals surface area contributed by atoms with Gasteiger partial charge in [-0.3, -0.25) is 4.79 Å². The molecule has 0 saturated carbocycles. The maximum absolute atomic E-state index is 13.4. The summed E-state index contributed by atoms with van der Waals surface area (Å²) >= 11 is 1.21. The summed E-state index contributed by atoms with van der Waals surface area (Å²) in [5, 5.41) is 14.4. The number of thiophene rings is 1. The molecule has 0 radical (unpaired) electrons. The van der Waals surface area contributed by atoms with Gasteiger partial charge in [0.25, 0.3) is 11.5 Å². The number of benzene rings is 1. The average Bonchev–Trinajstić information content (AvgIpc) is 3.09. The minimum Gasteiger partial charge on any atom is -0.463 e. The van der Waals surface area contributed by atoms with E-state index in [1.165, 1.54) is 31.3 Å². The van der Waals surface area contributed by atoms with Gasteiger partial charge < -0.3 is 15.2 Å². The maximum Gasteiger partial charge on any atom is 0.432 e. The van der Waals surface area contributed by atoms with Crippen LogP contribution in [0.1, 0.15) is 27.7 Å². The number of aliphatic hydroxyl groups is 1. The summed E-state index contributed by atoms with van der Waals surface area (Å²) < 4.78 is 44.5. The summed E-state index contributed by atoms with van der Waals surface area (Å²) in [6.07, 6.45) is -5.27. The summed E-state index contributed by atoms with van der Waals surface area (Å²) in [6, 6.07) is 6.42. The van der Waals surface area contributed by atoms with Gasteiger partial charge in [0.15, 0.2) is 0 Å². The normalized spacial score (nSPS) is 13.8. The van der Waals surface area contributed by atoms with Crippen molar-refractivity contribution in [2.75, 3.05) is 11.9 Å². The Kier molecular flexibility index (Phi) is 5.72. The van der Waals surface area contributed by atoms with Crippen molar-refractivity contribution in [2.24, 2.45) is 0 Å². The first kappa shape index (κ1) is 19.9. The maximum atomic E-state index is 13.4. The monoisotopic (exact) mass is 387 g/mol. The fourth-order valence-corrected chi connectivity index (χ4v) is 2.87. The number of alkyl halides is 3. The molecule has 0 aliphatic heterocycles. The molecule has 26 heavy (non-hydrogen) atoms. The molecule has 140 valence electrons. The van der Waals surface area contributed by atoms with Crippen molar-refractivity contribution in [1.82, 2.24) is 0 Å². The molecule has 0 saturated heterocycles. The van der Waals surface area contributed by atoms with Gasteiger partial charge in [0, 0.05) is 11.3 Å². The van der Waals surface area contributed by atoms with Gasteiger partial charge in [-0.25, -0.2) is 4.79 Å². The van der Waals surface area contributed by atoms with Gasteiger partial charge in [-0.05, 0) is 36.9 Å². The van der Waals surface area contributed by atoms with E-state index < -0.39 is 29.2 Å². The Morgan fingerprint density at radius 3 is 2.46 bits per heavy atom. The van der Waals surface area contributed by atoms with Crippen molar-refractivity contribution in [3.8, 4) is 0 Å². The first-order valence-corrected chi connectivity index (χ1v) is 8.41. The molecule has 0 unspecified atom stereocenters. The molecular weight excluding hydrogens is 371 g/mol. The van der Waals surface area contributed by atoms with Crippen LogP contribution in [0.4, 0.5) is 18.9 Å². The lowest BCUT2D eigenvalue weighted by atomic mass is 9.91. The summed E-state index contributed by atoms with van der Waals surface area (Å²) in [6.45, 7) is 2.48. The van der Waals surface area contributed by atoms with Crippen LogP contribution in [-0.2, 0) is 15.1 Å². The predicted molar refractivity (Wildman–Crippen MR) is 90.0 cm³/mol. The Morgan fingerprint density at radius 1 is 1.27 bits per heavy atom. The van der Waals surface area contributed by atoms with E-state index in [9.17, 15) is 27.9 Å². The lowest BCUT2D eigenvalue weighted by molar-refractivity contribution is -0.267. The number of ether oxygens (including phenoxy) is 1. The first-order chi connectivity index (χ1) is 12.1. The van der Waals surface area contributed by atoms with Crippen molar-refractivity contribution < 1.29 is 32.6 Å². The van der Waals surface area contributed by atoms with Crippen LogP contribution in [-0.4, -0.2) is 29.8 Å². The van der Waals surface area contributed by atoms with Crippen LogP contribution in [0.5, 0.6) is 0 Å². The summed E-state index contributed by atoms with van der Waals surface area (Å²) in [4.78, 5) is 24.3. The molecule has 0 fully saturated rings. The van der Waals surface area contributed by atoms with E-state index in [2.05, 4.69) is 10.1 Å². The molecule has 0 aliphatic rings.